The van der Waals surface area contributed by atoms with Crippen LogP contribution in [0.4, 0.5) is 0 Å². The minimum atomic E-state index is -0.114. The Bertz CT molecular complexity index is 1050. The molecule has 0 amide bonds. The van der Waals surface area contributed by atoms with E-state index in [1.807, 2.05) is 30.3 Å². The van der Waals surface area contributed by atoms with Gasteiger partial charge in [0, 0.05) is 29.9 Å². The van der Waals surface area contributed by atoms with Crippen LogP contribution in [0, 0.1) is 11.3 Å². The first-order valence-electron chi connectivity index (χ1n) is 10.6. The molecule has 0 unspecified atom stereocenters. The van der Waals surface area contributed by atoms with E-state index in [0.29, 0.717) is 17.6 Å². The van der Waals surface area contributed by atoms with Crippen LogP contribution in [0.25, 0.3) is 16.8 Å². The summed E-state index contributed by atoms with van der Waals surface area (Å²) in [7, 11) is 0. The van der Waals surface area contributed by atoms with Crippen molar-refractivity contribution < 1.29 is 0 Å². The van der Waals surface area contributed by atoms with E-state index < -0.39 is 0 Å². The summed E-state index contributed by atoms with van der Waals surface area (Å²) in [5, 5.41) is 9.70. The maximum absolute atomic E-state index is 12.6. The van der Waals surface area contributed by atoms with E-state index in [9.17, 15) is 10.1 Å². The van der Waals surface area contributed by atoms with Gasteiger partial charge in [-0.25, -0.2) is 0 Å². The molecule has 150 valence electrons. The fourth-order valence-corrected chi connectivity index (χ4v) is 3.64. The number of nitriles is 1. The number of hydrogen-bond donors (Lipinski definition) is 1. The Morgan fingerprint density at radius 3 is 2.59 bits per heavy atom. The molecule has 2 heterocycles. The average Bonchev–Trinajstić information content (AvgIpc) is 3.12. The third-order valence-electron chi connectivity index (χ3n) is 5.24. The Morgan fingerprint density at radius 1 is 1.07 bits per heavy atom. The molecule has 2 aromatic heterocycles. The molecular weight excluding hydrogens is 358 g/mol. The number of benzene rings is 1. The van der Waals surface area contributed by atoms with Gasteiger partial charge in [-0.2, -0.15) is 5.26 Å². The summed E-state index contributed by atoms with van der Waals surface area (Å²) in [4.78, 5) is 15.9. The van der Waals surface area contributed by atoms with Crippen molar-refractivity contribution in [3.8, 4) is 17.2 Å². The van der Waals surface area contributed by atoms with E-state index in [4.69, 9.17) is 0 Å². The molecule has 0 bridgehead atoms. The number of nitrogens with one attached hydrogen (secondary N) is 1. The summed E-state index contributed by atoms with van der Waals surface area (Å²) in [6.07, 6.45) is 15.6. The van der Waals surface area contributed by atoms with Crippen LogP contribution in [0.1, 0.15) is 63.1 Å². The van der Waals surface area contributed by atoms with Gasteiger partial charge in [-0.05, 0) is 18.4 Å². The molecule has 3 aromatic rings. The van der Waals surface area contributed by atoms with Crippen LogP contribution in [0.15, 0.2) is 59.5 Å². The third kappa shape index (κ3) is 5.26. The predicted molar refractivity (Wildman–Crippen MR) is 119 cm³/mol. The summed E-state index contributed by atoms with van der Waals surface area (Å²) < 4.78 is 1.53. The number of fused-ring (bicyclic) bond motifs is 1. The number of hydrogen-bond acceptors (Lipinski definition) is 2. The first-order chi connectivity index (χ1) is 14.2. The highest BCUT2D eigenvalue weighted by Crippen LogP contribution is 2.26. The van der Waals surface area contributed by atoms with Crippen LogP contribution in [-0.4, -0.2) is 9.38 Å². The lowest BCUT2D eigenvalue weighted by Gasteiger charge is -2.01. The SMILES string of the molecule is CCCCCCCC/C=C/Cc1cc(=O)n2cc(-c3ccccc3)c(C#N)c2[nH]1. The topological polar surface area (TPSA) is 61.1 Å². The number of aromatic amines is 1. The Labute approximate surface area is 172 Å². The monoisotopic (exact) mass is 387 g/mol. The largest absolute Gasteiger partial charge is 0.343 e. The Hall–Kier alpha value is -3.06. The van der Waals surface area contributed by atoms with Gasteiger partial charge in [0.05, 0.1) is 0 Å². The van der Waals surface area contributed by atoms with Gasteiger partial charge in [0.2, 0.25) is 0 Å². The molecule has 3 rings (SSSR count). The molecule has 1 N–H and O–H groups in total. The highest BCUT2D eigenvalue weighted by molar-refractivity contribution is 5.78. The molecule has 1 aromatic carbocycles. The number of nitrogens with zero attached hydrogens (tertiary/aromatic N) is 2. The van der Waals surface area contributed by atoms with Crippen molar-refractivity contribution in [3.05, 3.63) is 76.4 Å². The van der Waals surface area contributed by atoms with Crippen LogP contribution >= 0.6 is 0 Å². The van der Waals surface area contributed by atoms with Gasteiger partial charge in [-0.3, -0.25) is 9.20 Å². The van der Waals surface area contributed by atoms with Gasteiger partial charge in [0.15, 0.2) is 0 Å². The van der Waals surface area contributed by atoms with E-state index in [0.717, 1.165) is 23.2 Å². The minimum Gasteiger partial charge on any atom is -0.343 e. The van der Waals surface area contributed by atoms with Crippen molar-refractivity contribution in [3.63, 3.8) is 0 Å². The van der Waals surface area contributed by atoms with E-state index in [2.05, 4.69) is 30.1 Å². The van der Waals surface area contributed by atoms with E-state index in [-0.39, 0.29) is 5.56 Å². The zero-order valence-corrected chi connectivity index (χ0v) is 17.2. The van der Waals surface area contributed by atoms with Gasteiger partial charge in [0.1, 0.15) is 17.3 Å². The fraction of sp³-hybridized carbons (Fsp3) is 0.360. The van der Waals surface area contributed by atoms with Crippen molar-refractivity contribution >= 4 is 5.65 Å². The maximum Gasteiger partial charge on any atom is 0.257 e. The van der Waals surface area contributed by atoms with Crippen molar-refractivity contribution in [1.29, 1.82) is 5.26 Å². The van der Waals surface area contributed by atoms with Crippen LogP contribution in [0.5, 0.6) is 0 Å². The van der Waals surface area contributed by atoms with Gasteiger partial charge >= 0.3 is 0 Å². The lowest BCUT2D eigenvalue weighted by Crippen LogP contribution is -2.13. The number of aromatic nitrogens is 2. The van der Waals surface area contributed by atoms with Crippen LogP contribution in [0.3, 0.4) is 0 Å². The molecule has 0 aliphatic carbocycles. The molecule has 0 fully saturated rings. The molecule has 0 atom stereocenters. The Balaban J connectivity index is 1.70. The Morgan fingerprint density at radius 2 is 1.83 bits per heavy atom. The molecular formula is C25H29N3O. The summed E-state index contributed by atoms with van der Waals surface area (Å²) in [5.74, 6) is 0. The number of H-pyrrole nitrogens is 1. The van der Waals surface area contributed by atoms with Crippen molar-refractivity contribution in [2.75, 3.05) is 0 Å². The van der Waals surface area contributed by atoms with Crippen LogP contribution < -0.4 is 5.56 Å². The summed E-state index contributed by atoms with van der Waals surface area (Å²) in [5.41, 5.74) is 3.50. The summed E-state index contributed by atoms with van der Waals surface area (Å²) in [6, 6.07) is 13.6. The molecule has 0 saturated heterocycles. The quantitative estimate of drug-likeness (QED) is 0.342. The minimum absolute atomic E-state index is 0.114. The highest BCUT2D eigenvalue weighted by atomic mass is 16.1. The second-order valence-corrected chi connectivity index (χ2v) is 7.48. The number of rotatable bonds is 10. The van der Waals surface area contributed by atoms with Crippen molar-refractivity contribution in [1.82, 2.24) is 9.38 Å². The second kappa shape index (κ2) is 10.5. The lowest BCUT2D eigenvalue weighted by atomic mass is 10.1. The first kappa shape index (κ1) is 20.7. The molecule has 0 saturated carbocycles. The molecule has 0 spiro atoms. The highest BCUT2D eigenvalue weighted by Gasteiger charge is 2.14. The predicted octanol–water partition coefficient (Wildman–Crippen LogP) is 6.02. The van der Waals surface area contributed by atoms with Crippen molar-refractivity contribution in [2.45, 2.75) is 58.3 Å². The fourth-order valence-electron chi connectivity index (χ4n) is 3.64. The third-order valence-corrected chi connectivity index (χ3v) is 5.24. The molecule has 4 nitrogen and oxygen atoms in total. The summed E-state index contributed by atoms with van der Waals surface area (Å²) >= 11 is 0. The molecule has 0 radical (unpaired) electrons. The molecule has 29 heavy (non-hydrogen) atoms. The van der Waals surface area contributed by atoms with Crippen LogP contribution in [-0.2, 0) is 6.42 Å². The van der Waals surface area contributed by atoms with E-state index in [1.165, 1.54) is 42.9 Å². The molecule has 4 heteroatoms. The smallest absolute Gasteiger partial charge is 0.257 e. The van der Waals surface area contributed by atoms with E-state index in [1.54, 1.807) is 12.3 Å². The standard InChI is InChI=1S/C25H29N3O/c1-2-3-4-5-6-7-8-9-13-16-21-17-24(29)28-19-23(20-14-11-10-12-15-20)22(18-26)25(28)27-21/h9-15,17,19,27H,2-8,16H2,1H3/b13-9+. The maximum atomic E-state index is 12.6. The lowest BCUT2D eigenvalue weighted by molar-refractivity contribution is 0.611. The van der Waals surface area contributed by atoms with Gasteiger partial charge in [-0.1, -0.05) is 81.5 Å². The Kier molecular flexibility index (Phi) is 7.47. The number of unbranched alkanes of at least 4 members (excludes halogenated alkanes) is 6. The van der Waals surface area contributed by atoms with Gasteiger partial charge in [0.25, 0.3) is 5.56 Å². The normalized spacial score (nSPS) is 11.3. The van der Waals surface area contributed by atoms with Gasteiger partial charge in [-0.15, -0.1) is 0 Å². The first-order valence-corrected chi connectivity index (χ1v) is 10.6. The summed E-state index contributed by atoms with van der Waals surface area (Å²) in [6.45, 7) is 2.24. The zero-order chi connectivity index (χ0) is 20.5. The van der Waals surface area contributed by atoms with Crippen molar-refractivity contribution in [2.24, 2.45) is 0 Å². The second-order valence-electron chi connectivity index (χ2n) is 7.48. The average molecular weight is 388 g/mol. The van der Waals surface area contributed by atoms with Crippen LogP contribution in [0.2, 0.25) is 0 Å². The van der Waals surface area contributed by atoms with E-state index >= 15 is 0 Å². The molecule has 0 aliphatic heterocycles. The number of allylic oxidation sites excluding steroid dienone is 2. The van der Waals surface area contributed by atoms with Gasteiger partial charge < -0.3 is 4.98 Å². The zero-order valence-electron chi connectivity index (χ0n) is 17.2. The molecule has 0 aliphatic rings.